The Kier molecular flexibility index (Phi) is 10.8. The number of fused-ring (bicyclic) bond motifs is 1. The van der Waals surface area contributed by atoms with Gasteiger partial charge in [0, 0.05) is 24.2 Å². The first-order valence-corrected chi connectivity index (χ1v) is 11.0. The lowest BCUT2D eigenvalue weighted by Gasteiger charge is -2.29. The number of piperazine rings is 1. The second-order valence-corrected chi connectivity index (χ2v) is 8.21. The molecular formula is C25H32Cl2N4O. The number of hydrogen-bond acceptors (Lipinski definition) is 1. The van der Waals surface area contributed by atoms with Crippen LogP contribution in [-0.4, -0.2) is 45.3 Å². The van der Waals surface area contributed by atoms with Crippen molar-refractivity contribution in [2.24, 2.45) is 0 Å². The number of carbonyl (C=O) groups excluding carboxylic acids is 1. The van der Waals surface area contributed by atoms with E-state index >= 15 is 0 Å². The van der Waals surface area contributed by atoms with Gasteiger partial charge in [-0.25, -0.2) is 4.79 Å². The highest BCUT2D eigenvalue weighted by Gasteiger charge is 2.22. The Bertz CT molecular complexity index is 962. The second kappa shape index (κ2) is 13.3. The highest BCUT2D eigenvalue weighted by molar-refractivity contribution is 5.93. The molecule has 0 aromatic heterocycles. The molecule has 1 aliphatic rings. The van der Waals surface area contributed by atoms with Crippen LogP contribution in [0.1, 0.15) is 12.0 Å². The second-order valence-electron chi connectivity index (χ2n) is 8.21. The Morgan fingerprint density at radius 2 is 1.44 bits per heavy atom. The first-order chi connectivity index (χ1) is 14.8. The van der Waals surface area contributed by atoms with E-state index in [9.17, 15) is 4.79 Å². The highest BCUT2D eigenvalue weighted by Crippen LogP contribution is 2.18. The fraction of sp³-hybridized carbons (Fsp3) is 0.320. The van der Waals surface area contributed by atoms with Gasteiger partial charge in [0.2, 0.25) is 0 Å². The fourth-order valence-corrected chi connectivity index (χ4v) is 4.25. The van der Waals surface area contributed by atoms with Crippen molar-refractivity contribution in [2.75, 3.05) is 44.6 Å². The minimum absolute atomic E-state index is 0. The van der Waals surface area contributed by atoms with Crippen molar-refractivity contribution >= 4 is 22.5 Å². The van der Waals surface area contributed by atoms with Crippen LogP contribution in [0.4, 0.5) is 10.5 Å². The van der Waals surface area contributed by atoms with Gasteiger partial charge >= 0.3 is 6.03 Å². The lowest BCUT2D eigenvalue weighted by atomic mass is 10.1. The zero-order valence-corrected chi connectivity index (χ0v) is 19.8. The number of urea groups is 1. The van der Waals surface area contributed by atoms with Crippen LogP contribution in [0.3, 0.4) is 0 Å². The van der Waals surface area contributed by atoms with E-state index in [0.717, 1.165) is 30.6 Å². The van der Waals surface area contributed by atoms with E-state index in [2.05, 4.69) is 53.1 Å². The van der Waals surface area contributed by atoms with E-state index in [1.807, 2.05) is 30.3 Å². The maximum Gasteiger partial charge on any atom is 0.319 e. The molecule has 172 valence electrons. The number of hydrogen-bond donors (Lipinski definition) is 4. The van der Waals surface area contributed by atoms with Crippen LogP contribution in [0.5, 0.6) is 0 Å². The van der Waals surface area contributed by atoms with Gasteiger partial charge in [-0.2, -0.15) is 0 Å². The monoisotopic (exact) mass is 474 g/mol. The smallest absolute Gasteiger partial charge is 0.319 e. The van der Waals surface area contributed by atoms with Crippen molar-refractivity contribution in [1.82, 2.24) is 5.32 Å². The van der Waals surface area contributed by atoms with Gasteiger partial charge in [0.1, 0.15) is 32.7 Å². The number of benzene rings is 3. The molecule has 0 radical (unpaired) electrons. The summed E-state index contributed by atoms with van der Waals surface area (Å²) in [7, 11) is 0. The molecule has 0 spiro atoms. The van der Waals surface area contributed by atoms with Crippen molar-refractivity contribution in [3.05, 3.63) is 78.4 Å². The molecule has 0 bridgehead atoms. The first kappa shape index (κ1) is 25.9. The average Bonchev–Trinajstić information content (AvgIpc) is 2.78. The van der Waals surface area contributed by atoms with Crippen LogP contribution in [0.15, 0.2) is 72.8 Å². The van der Waals surface area contributed by atoms with Gasteiger partial charge in [-0.3, -0.25) is 0 Å². The molecule has 3 aromatic rings. The zero-order chi connectivity index (χ0) is 20.6. The van der Waals surface area contributed by atoms with Crippen LogP contribution in [-0.2, 0) is 6.54 Å². The highest BCUT2D eigenvalue weighted by atomic mass is 35.5. The summed E-state index contributed by atoms with van der Waals surface area (Å²) in [6, 6.07) is 24.8. The quantitative estimate of drug-likeness (QED) is 0.256. The van der Waals surface area contributed by atoms with Crippen LogP contribution in [0.2, 0.25) is 0 Å². The minimum atomic E-state index is -0.127. The summed E-state index contributed by atoms with van der Waals surface area (Å²) >= 11 is 0. The van der Waals surface area contributed by atoms with E-state index in [-0.39, 0.29) is 30.8 Å². The maximum absolute atomic E-state index is 12.2. The van der Waals surface area contributed by atoms with Crippen LogP contribution >= 0.6 is 0 Å². The molecule has 5 nitrogen and oxygen atoms in total. The molecular weight excluding hydrogens is 443 g/mol. The zero-order valence-electron chi connectivity index (χ0n) is 18.2. The van der Waals surface area contributed by atoms with Crippen LogP contribution in [0, 0.1) is 0 Å². The molecule has 1 saturated heterocycles. The SMILES string of the molecule is O=C(NCCC[NH+]1CC[NH+](Cc2ccccc2)CC1)Nc1ccc2ccccc2c1.[Cl-].[Cl-]. The molecule has 4 N–H and O–H groups in total. The van der Waals surface area contributed by atoms with E-state index in [4.69, 9.17) is 0 Å². The first-order valence-electron chi connectivity index (χ1n) is 11.0. The van der Waals surface area contributed by atoms with Crippen molar-refractivity contribution in [1.29, 1.82) is 0 Å². The van der Waals surface area contributed by atoms with E-state index < -0.39 is 0 Å². The lowest BCUT2D eigenvalue weighted by Crippen LogP contribution is -3.27. The summed E-state index contributed by atoms with van der Waals surface area (Å²) in [5, 5.41) is 8.24. The van der Waals surface area contributed by atoms with Gasteiger partial charge in [-0.1, -0.05) is 60.7 Å². The number of halogens is 2. The van der Waals surface area contributed by atoms with Gasteiger partial charge in [-0.05, 0) is 22.9 Å². The Morgan fingerprint density at radius 1 is 0.781 bits per heavy atom. The summed E-state index contributed by atoms with van der Waals surface area (Å²) < 4.78 is 0. The average molecular weight is 475 g/mol. The van der Waals surface area contributed by atoms with Gasteiger partial charge in [0.25, 0.3) is 0 Å². The molecule has 0 aliphatic carbocycles. The summed E-state index contributed by atoms with van der Waals surface area (Å²) in [6.45, 7) is 7.83. The van der Waals surface area contributed by atoms with Crippen molar-refractivity contribution in [3.63, 3.8) is 0 Å². The van der Waals surface area contributed by atoms with Gasteiger partial charge in [0.15, 0.2) is 0 Å². The summed E-state index contributed by atoms with van der Waals surface area (Å²) in [4.78, 5) is 15.5. The van der Waals surface area contributed by atoms with Gasteiger partial charge in [-0.15, -0.1) is 0 Å². The van der Waals surface area contributed by atoms with Crippen molar-refractivity contribution in [3.8, 4) is 0 Å². The largest absolute Gasteiger partial charge is 1.00 e. The third-order valence-corrected chi connectivity index (χ3v) is 5.96. The van der Waals surface area contributed by atoms with E-state index in [1.54, 1.807) is 9.80 Å². The molecule has 0 unspecified atom stereocenters. The number of rotatable bonds is 7. The number of anilines is 1. The van der Waals surface area contributed by atoms with Crippen LogP contribution in [0.25, 0.3) is 10.8 Å². The van der Waals surface area contributed by atoms with Crippen LogP contribution < -0.4 is 45.2 Å². The third kappa shape index (κ3) is 7.68. The van der Waals surface area contributed by atoms with Gasteiger partial charge < -0.3 is 45.2 Å². The summed E-state index contributed by atoms with van der Waals surface area (Å²) in [6.07, 6.45) is 1.01. The molecule has 4 rings (SSSR count). The predicted molar refractivity (Wildman–Crippen MR) is 122 cm³/mol. The van der Waals surface area contributed by atoms with E-state index in [0.29, 0.717) is 6.54 Å². The topological polar surface area (TPSA) is 50.0 Å². The Labute approximate surface area is 203 Å². The number of nitrogens with one attached hydrogen (secondary N) is 4. The van der Waals surface area contributed by atoms with E-state index in [1.165, 1.54) is 37.1 Å². The fourth-order valence-electron chi connectivity index (χ4n) is 4.25. The molecule has 1 aliphatic heterocycles. The summed E-state index contributed by atoms with van der Waals surface area (Å²) in [5.74, 6) is 0. The lowest BCUT2D eigenvalue weighted by molar-refractivity contribution is -1.02. The Morgan fingerprint density at radius 3 is 2.19 bits per heavy atom. The molecule has 1 heterocycles. The molecule has 3 aromatic carbocycles. The Balaban J connectivity index is 0.00000181. The standard InChI is InChI=1S/C25H30N4O.2ClH/c30-25(27-24-12-11-22-9-4-5-10-23(22)19-24)26-13-6-14-28-15-17-29(18-16-28)20-21-7-2-1-3-8-21;;/h1-5,7-12,19H,6,13-18,20H2,(H2,26,27,30);2*1H. The normalized spacial score (nSPS) is 17.6. The molecule has 7 heteroatoms. The molecule has 0 saturated carbocycles. The third-order valence-electron chi connectivity index (χ3n) is 5.96. The van der Waals surface area contributed by atoms with Crippen molar-refractivity contribution in [2.45, 2.75) is 13.0 Å². The Hall–Kier alpha value is -2.31. The number of amides is 2. The maximum atomic E-state index is 12.2. The number of carbonyl (C=O) groups is 1. The predicted octanol–water partition coefficient (Wildman–Crippen LogP) is -4.66. The molecule has 1 fully saturated rings. The minimum Gasteiger partial charge on any atom is -1.00 e. The number of quaternary nitrogens is 2. The molecule has 0 atom stereocenters. The molecule has 2 amide bonds. The molecule has 32 heavy (non-hydrogen) atoms. The summed E-state index contributed by atoms with van der Waals surface area (Å²) in [5.41, 5.74) is 2.26. The van der Waals surface area contributed by atoms with Crippen molar-refractivity contribution < 1.29 is 39.4 Å². The van der Waals surface area contributed by atoms with Gasteiger partial charge in [0.05, 0.1) is 6.54 Å².